The molecule has 1 aliphatic heterocycles. The number of hydrazone groups is 1. The maximum atomic E-state index is 11.7. The lowest BCUT2D eigenvalue weighted by atomic mass is 10.2. The second-order valence-corrected chi connectivity index (χ2v) is 6.28. The van der Waals surface area contributed by atoms with Gasteiger partial charge in [0.25, 0.3) is 5.91 Å². The SMILES string of the molecule is O=C(CN1CCCC1)N/N=C\c1c(Br)ccc(Br)c1O. The van der Waals surface area contributed by atoms with E-state index in [4.69, 9.17) is 0 Å². The van der Waals surface area contributed by atoms with Crippen molar-refractivity contribution in [1.82, 2.24) is 10.3 Å². The zero-order valence-electron chi connectivity index (χ0n) is 10.8. The normalized spacial score (nSPS) is 15.9. The van der Waals surface area contributed by atoms with Crippen molar-refractivity contribution in [1.29, 1.82) is 0 Å². The molecule has 1 amide bonds. The Hall–Kier alpha value is -0.920. The number of rotatable bonds is 4. The second kappa shape index (κ2) is 7.19. The first-order valence-electron chi connectivity index (χ1n) is 6.29. The number of carbonyl (C=O) groups excluding carboxylic acids is 1. The Bertz CT molecular complexity index is 529. The first kappa shape index (κ1) is 15.5. The first-order valence-corrected chi connectivity index (χ1v) is 7.88. The minimum Gasteiger partial charge on any atom is -0.506 e. The summed E-state index contributed by atoms with van der Waals surface area (Å²) in [5, 5.41) is 13.8. The molecule has 20 heavy (non-hydrogen) atoms. The predicted molar refractivity (Wildman–Crippen MR) is 84.9 cm³/mol. The van der Waals surface area contributed by atoms with Crippen molar-refractivity contribution in [3.8, 4) is 5.75 Å². The Morgan fingerprint density at radius 3 is 2.70 bits per heavy atom. The van der Waals surface area contributed by atoms with E-state index in [-0.39, 0.29) is 11.7 Å². The standard InChI is InChI=1S/C13H15Br2N3O2/c14-10-3-4-11(15)13(20)9(10)7-16-17-12(19)8-18-5-1-2-6-18/h3-4,7,20H,1-2,5-6,8H2,(H,17,19)/b16-7-. The average molecular weight is 405 g/mol. The van der Waals surface area contributed by atoms with Crippen LogP contribution in [0, 0.1) is 0 Å². The number of nitrogens with one attached hydrogen (secondary N) is 1. The fourth-order valence-corrected chi connectivity index (χ4v) is 2.80. The number of amides is 1. The molecule has 1 aromatic rings. The van der Waals surface area contributed by atoms with Crippen molar-refractivity contribution < 1.29 is 9.90 Å². The number of benzene rings is 1. The Kier molecular flexibility index (Phi) is 5.56. The zero-order chi connectivity index (χ0) is 14.5. The minimum absolute atomic E-state index is 0.0805. The van der Waals surface area contributed by atoms with E-state index in [1.807, 2.05) is 0 Å². The Labute approximate surface area is 134 Å². The molecule has 0 unspecified atom stereocenters. The number of carbonyl (C=O) groups is 1. The molecular weight excluding hydrogens is 390 g/mol. The van der Waals surface area contributed by atoms with Gasteiger partial charge in [-0.1, -0.05) is 0 Å². The van der Waals surface area contributed by atoms with Gasteiger partial charge in [0.2, 0.25) is 0 Å². The largest absolute Gasteiger partial charge is 0.506 e. The van der Waals surface area contributed by atoms with E-state index < -0.39 is 0 Å². The molecule has 2 rings (SSSR count). The lowest BCUT2D eigenvalue weighted by Gasteiger charge is -2.12. The van der Waals surface area contributed by atoms with Crippen LogP contribution in [0.4, 0.5) is 0 Å². The molecule has 0 radical (unpaired) electrons. The smallest absolute Gasteiger partial charge is 0.254 e. The summed E-state index contributed by atoms with van der Waals surface area (Å²) in [4.78, 5) is 13.8. The van der Waals surface area contributed by atoms with Crippen LogP contribution in [0.5, 0.6) is 5.75 Å². The number of phenolic OH excluding ortho intramolecular Hbond substituents is 1. The topological polar surface area (TPSA) is 64.9 Å². The number of aromatic hydroxyl groups is 1. The molecule has 0 atom stereocenters. The van der Waals surface area contributed by atoms with Crippen LogP contribution in [0.1, 0.15) is 18.4 Å². The van der Waals surface area contributed by atoms with Gasteiger partial charge in [-0.15, -0.1) is 0 Å². The van der Waals surface area contributed by atoms with Crippen LogP contribution in [0.2, 0.25) is 0 Å². The van der Waals surface area contributed by atoms with E-state index in [1.54, 1.807) is 12.1 Å². The molecule has 2 N–H and O–H groups in total. The molecule has 0 bridgehead atoms. The van der Waals surface area contributed by atoms with Crippen LogP contribution >= 0.6 is 31.9 Å². The van der Waals surface area contributed by atoms with Crippen LogP contribution in [-0.4, -0.2) is 41.8 Å². The van der Waals surface area contributed by atoms with Gasteiger partial charge in [0.15, 0.2) is 0 Å². The second-order valence-electron chi connectivity index (χ2n) is 4.57. The number of phenols is 1. The van der Waals surface area contributed by atoms with E-state index in [2.05, 4.69) is 47.3 Å². The van der Waals surface area contributed by atoms with Crippen LogP contribution < -0.4 is 5.43 Å². The predicted octanol–water partition coefficient (Wildman–Crippen LogP) is 2.46. The van der Waals surface area contributed by atoms with Crippen LogP contribution in [0.3, 0.4) is 0 Å². The number of likely N-dealkylation sites (tertiary alicyclic amines) is 1. The number of hydrogen-bond acceptors (Lipinski definition) is 4. The number of hydrogen-bond donors (Lipinski definition) is 2. The monoisotopic (exact) mass is 403 g/mol. The van der Waals surface area contributed by atoms with Crippen LogP contribution in [0.25, 0.3) is 0 Å². The van der Waals surface area contributed by atoms with Crippen molar-refractivity contribution in [2.75, 3.05) is 19.6 Å². The molecule has 1 heterocycles. The third-order valence-electron chi connectivity index (χ3n) is 3.06. The Balaban J connectivity index is 1.93. The first-order chi connectivity index (χ1) is 9.58. The number of nitrogens with zero attached hydrogens (tertiary/aromatic N) is 2. The quantitative estimate of drug-likeness (QED) is 0.598. The summed E-state index contributed by atoms with van der Waals surface area (Å²) in [6.45, 7) is 2.30. The van der Waals surface area contributed by atoms with Crippen LogP contribution in [0.15, 0.2) is 26.2 Å². The molecule has 0 aromatic heterocycles. The van der Waals surface area contributed by atoms with Crippen molar-refractivity contribution in [3.63, 3.8) is 0 Å². The highest BCUT2D eigenvalue weighted by Crippen LogP contribution is 2.31. The van der Waals surface area contributed by atoms with E-state index in [1.165, 1.54) is 6.21 Å². The summed E-state index contributed by atoms with van der Waals surface area (Å²) in [6, 6.07) is 3.51. The summed E-state index contributed by atoms with van der Waals surface area (Å²) in [5.41, 5.74) is 2.99. The van der Waals surface area contributed by atoms with Gasteiger partial charge in [0, 0.05) is 4.47 Å². The molecule has 0 aliphatic carbocycles. The molecule has 1 saturated heterocycles. The molecule has 1 aromatic carbocycles. The van der Waals surface area contributed by atoms with Gasteiger partial charge in [0.05, 0.1) is 22.8 Å². The van der Waals surface area contributed by atoms with Gasteiger partial charge in [-0.2, -0.15) is 5.10 Å². The summed E-state index contributed by atoms with van der Waals surface area (Å²) >= 11 is 6.56. The highest BCUT2D eigenvalue weighted by atomic mass is 79.9. The van der Waals surface area contributed by atoms with Crippen molar-refractivity contribution in [3.05, 3.63) is 26.6 Å². The molecule has 1 fully saturated rings. The zero-order valence-corrected chi connectivity index (χ0v) is 13.9. The highest BCUT2D eigenvalue weighted by molar-refractivity contribution is 9.11. The van der Waals surface area contributed by atoms with Crippen molar-refractivity contribution in [2.45, 2.75) is 12.8 Å². The third kappa shape index (κ3) is 4.04. The summed E-state index contributed by atoms with van der Waals surface area (Å²) in [6.07, 6.45) is 3.72. The van der Waals surface area contributed by atoms with Gasteiger partial charge in [-0.05, 0) is 69.9 Å². The summed E-state index contributed by atoms with van der Waals surface area (Å²) in [7, 11) is 0. The molecule has 0 spiro atoms. The van der Waals surface area contributed by atoms with Gasteiger partial charge < -0.3 is 5.11 Å². The number of halogens is 2. The minimum atomic E-state index is -0.145. The fourth-order valence-electron chi connectivity index (χ4n) is 2.03. The molecule has 0 saturated carbocycles. The van der Waals surface area contributed by atoms with E-state index >= 15 is 0 Å². The van der Waals surface area contributed by atoms with Gasteiger partial charge >= 0.3 is 0 Å². The Morgan fingerprint density at radius 2 is 2.00 bits per heavy atom. The van der Waals surface area contributed by atoms with E-state index in [0.29, 0.717) is 21.1 Å². The Morgan fingerprint density at radius 1 is 1.35 bits per heavy atom. The highest BCUT2D eigenvalue weighted by Gasteiger charge is 2.14. The van der Waals surface area contributed by atoms with Gasteiger partial charge in [-0.3, -0.25) is 9.69 Å². The van der Waals surface area contributed by atoms with E-state index in [9.17, 15) is 9.90 Å². The van der Waals surface area contributed by atoms with Gasteiger partial charge in [-0.25, -0.2) is 5.43 Å². The lowest BCUT2D eigenvalue weighted by Crippen LogP contribution is -2.33. The van der Waals surface area contributed by atoms with Crippen molar-refractivity contribution in [2.24, 2.45) is 5.10 Å². The molecule has 5 nitrogen and oxygen atoms in total. The molecule has 1 aliphatic rings. The maximum absolute atomic E-state index is 11.7. The average Bonchev–Trinajstić information content (AvgIpc) is 2.91. The van der Waals surface area contributed by atoms with Crippen LogP contribution in [-0.2, 0) is 4.79 Å². The summed E-state index contributed by atoms with van der Waals surface area (Å²) in [5.74, 6) is -0.0642. The van der Waals surface area contributed by atoms with Crippen molar-refractivity contribution >= 4 is 44.0 Å². The lowest BCUT2D eigenvalue weighted by molar-refractivity contribution is -0.121. The van der Waals surface area contributed by atoms with Gasteiger partial charge in [0.1, 0.15) is 5.75 Å². The molecule has 7 heteroatoms. The third-order valence-corrected chi connectivity index (χ3v) is 4.39. The summed E-state index contributed by atoms with van der Waals surface area (Å²) < 4.78 is 1.28. The fraction of sp³-hybridized carbons (Fsp3) is 0.385. The van der Waals surface area contributed by atoms with E-state index in [0.717, 1.165) is 25.9 Å². The molecule has 108 valence electrons. The molecular formula is C13H15Br2N3O2. The maximum Gasteiger partial charge on any atom is 0.254 e.